The summed E-state index contributed by atoms with van der Waals surface area (Å²) >= 11 is 0. The Hall–Kier alpha value is -0.790. The van der Waals surface area contributed by atoms with Gasteiger partial charge in [-0.3, -0.25) is 4.99 Å². The van der Waals surface area contributed by atoms with E-state index >= 15 is 0 Å². The lowest BCUT2D eigenvalue weighted by Crippen LogP contribution is -2.15. The maximum Gasteiger partial charge on any atom is 0.0893 e. The molecule has 8 heavy (non-hydrogen) atoms. The average molecular weight is 110 g/mol. The summed E-state index contributed by atoms with van der Waals surface area (Å²) in [7, 11) is 0. The van der Waals surface area contributed by atoms with Gasteiger partial charge in [-0.1, -0.05) is 12.2 Å². The highest BCUT2D eigenvalue weighted by molar-refractivity contribution is 5.58. The quantitative estimate of drug-likeness (QED) is 0.490. The zero-order valence-corrected chi connectivity index (χ0v) is 5.02. The predicted molar refractivity (Wildman–Crippen MR) is 35.1 cm³/mol. The molecule has 0 aromatic heterocycles. The summed E-state index contributed by atoms with van der Waals surface area (Å²) in [5, 5.41) is 3.00. The first-order valence-electron chi connectivity index (χ1n) is 2.71. The Morgan fingerprint density at radius 1 is 2.00 bits per heavy atom. The SMILES string of the molecule is C=C(C)C1CNC=N1. The van der Waals surface area contributed by atoms with E-state index in [1.54, 1.807) is 6.34 Å². The van der Waals surface area contributed by atoms with Gasteiger partial charge in [-0.25, -0.2) is 0 Å². The standard InChI is InChI=1S/C6H10N2/c1-5(2)6-3-7-4-8-6/h4,6H,1,3H2,2H3,(H,7,8). The summed E-state index contributed by atoms with van der Waals surface area (Å²) in [6.07, 6.45) is 1.74. The van der Waals surface area contributed by atoms with Gasteiger partial charge in [-0.05, 0) is 6.92 Å². The van der Waals surface area contributed by atoms with E-state index < -0.39 is 0 Å². The van der Waals surface area contributed by atoms with Crippen LogP contribution >= 0.6 is 0 Å². The Morgan fingerprint density at radius 2 is 2.75 bits per heavy atom. The molecule has 0 aliphatic carbocycles. The summed E-state index contributed by atoms with van der Waals surface area (Å²) in [4.78, 5) is 4.10. The third kappa shape index (κ3) is 0.886. The van der Waals surface area contributed by atoms with Gasteiger partial charge in [0.25, 0.3) is 0 Å². The molecular weight excluding hydrogens is 100 g/mol. The maximum absolute atomic E-state index is 4.10. The molecule has 0 saturated carbocycles. The summed E-state index contributed by atoms with van der Waals surface area (Å²) in [6, 6.07) is 0.329. The highest BCUT2D eigenvalue weighted by Crippen LogP contribution is 2.03. The highest BCUT2D eigenvalue weighted by Gasteiger charge is 2.08. The van der Waals surface area contributed by atoms with E-state index in [2.05, 4.69) is 16.9 Å². The lowest BCUT2D eigenvalue weighted by molar-refractivity contribution is 0.792. The van der Waals surface area contributed by atoms with E-state index in [1.807, 2.05) is 6.92 Å². The molecule has 0 amide bonds. The molecule has 0 aromatic rings. The molecule has 0 bridgehead atoms. The van der Waals surface area contributed by atoms with E-state index in [4.69, 9.17) is 0 Å². The lowest BCUT2D eigenvalue weighted by atomic mass is 10.2. The monoisotopic (exact) mass is 110 g/mol. The fraction of sp³-hybridized carbons (Fsp3) is 0.500. The van der Waals surface area contributed by atoms with Gasteiger partial charge in [0.15, 0.2) is 0 Å². The Balaban J connectivity index is 2.48. The summed E-state index contributed by atoms with van der Waals surface area (Å²) < 4.78 is 0. The lowest BCUT2D eigenvalue weighted by Gasteiger charge is -2.01. The number of aliphatic imine (C=N–C) groups is 1. The summed E-state index contributed by atoms with van der Waals surface area (Å²) in [5.74, 6) is 0. The second-order valence-electron chi connectivity index (χ2n) is 2.05. The molecule has 1 aliphatic rings. The molecule has 0 spiro atoms. The smallest absolute Gasteiger partial charge is 0.0893 e. The van der Waals surface area contributed by atoms with Gasteiger partial charge in [0.05, 0.1) is 12.4 Å². The van der Waals surface area contributed by atoms with Crippen molar-refractivity contribution in [3.05, 3.63) is 12.2 Å². The van der Waals surface area contributed by atoms with Crippen LogP contribution in [0, 0.1) is 0 Å². The average Bonchev–Trinajstić information content (AvgIpc) is 2.12. The second-order valence-corrected chi connectivity index (χ2v) is 2.05. The van der Waals surface area contributed by atoms with Crippen molar-refractivity contribution in [3.63, 3.8) is 0 Å². The first-order valence-corrected chi connectivity index (χ1v) is 2.71. The summed E-state index contributed by atoms with van der Waals surface area (Å²) in [5.41, 5.74) is 1.13. The number of nitrogens with zero attached hydrogens (tertiary/aromatic N) is 1. The first kappa shape index (κ1) is 5.35. The van der Waals surface area contributed by atoms with E-state index in [0.29, 0.717) is 6.04 Å². The fourth-order valence-electron chi connectivity index (χ4n) is 0.661. The molecule has 2 heteroatoms. The van der Waals surface area contributed by atoms with Crippen molar-refractivity contribution in [1.82, 2.24) is 5.32 Å². The van der Waals surface area contributed by atoms with Crippen molar-refractivity contribution >= 4 is 6.34 Å². The van der Waals surface area contributed by atoms with Crippen LogP contribution in [-0.2, 0) is 0 Å². The van der Waals surface area contributed by atoms with E-state index in [-0.39, 0.29) is 0 Å². The van der Waals surface area contributed by atoms with Crippen LogP contribution in [0.4, 0.5) is 0 Å². The molecule has 44 valence electrons. The van der Waals surface area contributed by atoms with Crippen molar-refractivity contribution in [3.8, 4) is 0 Å². The molecule has 1 N–H and O–H groups in total. The van der Waals surface area contributed by atoms with Crippen molar-refractivity contribution in [2.45, 2.75) is 13.0 Å². The Kier molecular flexibility index (Phi) is 1.33. The molecule has 1 rings (SSSR count). The van der Waals surface area contributed by atoms with Crippen LogP contribution in [0.5, 0.6) is 0 Å². The van der Waals surface area contributed by atoms with Crippen molar-refractivity contribution < 1.29 is 0 Å². The number of rotatable bonds is 1. The van der Waals surface area contributed by atoms with Crippen molar-refractivity contribution in [1.29, 1.82) is 0 Å². The predicted octanol–water partition coefficient (Wildman–Crippen LogP) is 0.563. The maximum atomic E-state index is 4.10. The van der Waals surface area contributed by atoms with E-state index in [1.165, 1.54) is 0 Å². The molecule has 0 radical (unpaired) electrons. The van der Waals surface area contributed by atoms with Gasteiger partial charge < -0.3 is 5.32 Å². The van der Waals surface area contributed by atoms with Gasteiger partial charge in [0.1, 0.15) is 0 Å². The summed E-state index contributed by atoms with van der Waals surface area (Å²) in [6.45, 7) is 6.70. The number of nitrogens with one attached hydrogen (secondary N) is 1. The van der Waals surface area contributed by atoms with Crippen LogP contribution in [0.1, 0.15) is 6.92 Å². The zero-order chi connectivity index (χ0) is 5.98. The second kappa shape index (κ2) is 1.99. The van der Waals surface area contributed by atoms with Gasteiger partial charge in [-0.15, -0.1) is 0 Å². The third-order valence-corrected chi connectivity index (χ3v) is 1.23. The molecular formula is C6H10N2. The van der Waals surface area contributed by atoms with E-state index in [9.17, 15) is 0 Å². The number of hydrogen-bond acceptors (Lipinski definition) is 2. The molecule has 0 aromatic carbocycles. The van der Waals surface area contributed by atoms with Crippen LogP contribution < -0.4 is 5.32 Å². The Bertz CT molecular complexity index is 126. The van der Waals surface area contributed by atoms with Crippen LogP contribution in [0.25, 0.3) is 0 Å². The molecule has 1 atom stereocenters. The van der Waals surface area contributed by atoms with Crippen LogP contribution in [0.3, 0.4) is 0 Å². The van der Waals surface area contributed by atoms with Gasteiger partial charge >= 0.3 is 0 Å². The first-order chi connectivity index (χ1) is 3.80. The number of hydrogen-bond donors (Lipinski definition) is 1. The van der Waals surface area contributed by atoms with Crippen molar-refractivity contribution in [2.75, 3.05) is 6.54 Å². The van der Waals surface area contributed by atoms with Crippen molar-refractivity contribution in [2.24, 2.45) is 4.99 Å². The Labute approximate surface area is 49.3 Å². The molecule has 1 unspecified atom stereocenters. The zero-order valence-electron chi connectivity index (χ0n) is 5.02. The topological polar surface area (TPSA) is 24.4 Å². The van der Waals surface area contributed by atoms with Crippen LogP contribution in [0.15, 0.2) is 17.1 Å². The highest BCUT2D eigenvalue weighted by atomic mass is 15.0. The largest absolute Gasteiger partial charge is 0.374 e. The third-order valence-electron chi connectivity index (χ3n) is 1.23. The van der Waals surface area contributed by atoms with Crippen LogP contribution in [-0.4, -0.2) is 18.9 Å². The molecule has 2 nitrogen and oxygen atoms in total. The van der Waals surface area contributed by atoms with Gasteiger partial charge in [0.2, 0.25) is 0 Å². The molecule has 1 aliphatic heterocycles. The van der Waals surface area contributed by atoms with Gasteiger partial charge in [-0.2, -0.15) is 0 Å². The molecule has 0 saturated heterocycles. The minimum absolute atomic E-state index is 0.329. The molecule has 0 fully saturated rings. The van der Waals surface area contributed by atoms with Gasteiger partial charge in [0, 0.05) is 6.54 Å². The molecule has 1 heterocycles. The normalized spacial score (nSPS) is 25.4. The fourth-order valence-corrected chi connectivity index (χ4v) is 0.661. The van der Waals surface area contributed by atoms with Crippen LogP contribution in [0.2, 0.25) is 0 Å². The van der Waals surface area contributed by atoms with E-state index in [0.717, 1.165) is 12.1 Å². The minimum Gasteiger partial charge on any atom is -0.374 e. The minimum atomic E-state index is 0.329. The Morgan fingerprint density at radius 3 is 3.00 bits per heavy atom.